The van der Waals surface area contributed by atoms with Gasteiger partial charge in [0.25, 0.3) is 0 Å². The van der Waals surface area contributed by atoms with Crippen LogP contribution in [0.3, 0.4) is 0 Å². The molecule has 0 saturated heterocycles. The van der Waals surface area contributed by atoms with Crippen LogP contribution in [0, 0.1) is 0 Å². The van der Waals surface area contributed by atoms with E-state index in [4.69, 9.17) is 23.2 Å². The van der Waals surface area contributed by atoms with Crippen molar-refractivity contribution in [3.05, 3.63) is 63.6 Å². The molecule has 2 aromatic rings. The molecule has 126 valence electrons. The molecule has 6 heteroatoms. The molecule has 0 saturated carbocycles. The predicted molar refractivity (Wildman–Crippen MR) is 97.5 cm³/mol. The normalized spacial score (nSPS) is 11.7. The average molecular weight is 365 g/mol. The summed E-state index contributed by atoms with van der Waals surface area (Å²) in [5, 5.41) is 5.62. The number of hydrogen-bond donors (Lipinski definition) is 2. The van der Waals surface area contributed by atoms with Gasteiger partial charge in [-0.3, -0.25) is 9.59 Å². The van der Waals surface area contributed by atoms with E-state index in [-0.39, 0.29) is 11.1 Å². The highest BCUT2D eigenvalue weighted by Gasteiger charge is 2.18. The van der Waals surface area contributed by atoms with Gasteiger partial charge in [-0.05, 0) is 36.6 Å². The minimum Gasteiger partial charge on any atom is -0.341 e. The molecule has 2 N–H and O–H groups in total. The molecule has 4 nitrogen and oxygen atoms in total. The Morgan fingerprint density at radius 3 is 2.33 bits per heavy atom. The Kier molecular flexibility index (Phi) is 6.23. The molecule has 0 fully saturated rings. The lowest BCUT2D eigenvalue weighted by molar-refractivity contribution is -0.136. The van der Waals surface area contributed by atoms with E-state index in [0.717, 1.165) is 12.0 Å². The summed E-state index contributed by atoms with van der Waals surface area (Å²) in [6, 6.07) is 12.4. The Hall–Kier alpha value is -2.04. The molecular formula is C18H18Cl2N2O2. The van der Waals surface area contributed by atoms with Gasteiger partial charge in [-0.15, -0.1) is 0 Å². The van der Waals surface area contributed by atoms with E-state index >= 15 is 0 Å². The molecule has 2 amide bonds. The molecular weight excluding hydrogens is 347 g/mol. The lowest BCUT2D eigenvalue weighted by atomic mass is 10.1. The summed E-state index contributed by atoms with van der Waals surface area (Å²) in [6.07, 6.45) is 0.948. The fraction of sp³-hybridized carbons (Fsp3) is 0.222. The third-order valence-electron chi connectivity index (χ3n) is 3.64. The largest absolute Gasteiger partial charge is 0.341 e. The topological polar surface area (TPSA) is 58.2 Å². The number of carbonyl (C=O) groups is 2. The molecule has 0 spiro atoms. The Balaban J connectivity index is 2.00. The predicted octanol–water partition coefficient (Wildman–Crippen LogP) is 4.37. The molecule has 24 heavy (non-hydrogen) atoms. The summed E-state index contributed by atoms with van der Waals surface area (Å²) in [6.45, 7) is 3.89. The van der Waals surface area contributed by atoms with E-state index in [1.807, 2.05) is 31.2 Å². The molecule has 2 aromatic carbocycles. The maximum Gasteiger partial charge on any atom is 0.313 e. The van der Waals surface area contributed by atoms with Crippen LogP contribution in [0.4, 0.5) is 5.69 Å². The maximum absolute atomic E-state index is 12.1. The minimum atomic E-state index is -0.795. The maximum atomic E-state index is 12.1. The van der Waals surface area contributed by atoms with Crippen LogP contribution in [0.25, 0.3) is 0 Å². The molecule has 0 aliphatic rings. The number of carbonyl (C=O) groups excluding carboxylic acids is 2. The number of halogens is 2. The summed E-state index contributed by atoms with van der Waals surface area (Å²) in [7, 11) is 0. The Morgan fingerprint density at radius 1 is 1.04 bits per heavy atom. The first-order chi connectivity index (χ1) is 11.4. The molecule has 1 atom stereocenters. The molecule has 0 aliphatic heterocycles. The summed E-state index contributed by atoms with van der Waals surface area (Å²) in [5.41, 5.74) is 2.43. The molecule has 1 unspecified atom stereocenters. The first kappa shape index (κ1) is 18.3. The van der Waals surface area contributed by atoms with E-state index in [0.29, 0.717) is 10.7 Å². The molecule has 0 bridgehead atoms. The number of hydrogen-bond acceptors (Lipinski definition) is 2. The van der Waals surface area contributed by atoms with E-state index in [9.17, 15) is 9.59 Å². The van der Waals surface area contributed by atoms with Crippen LogP contribution >= 0.6 is 23.2 Å². The zero-order chi connectivity index (χ0) is 17.7. The smallest absolute Gasteiger partial charge is 0.313 e. The summed E-state index contributed by atoms with van der Waals surface area (Å²) in [4.78, 5) is 24.1. The minimum absolute atomic E-state index is 0.198. The zero-order valence-electron chi connectivity index (χ0n) is 13.4. The lowest BCUT2D eigenvalue weighted by Crippen LogP contribution is -2.37. The standard InChI is InChI=1S/C18H18Cl2N2O2/c1-3-12-7-9-13(10-8-12)11(2)21-17(23)18(24)22-15-6-4-5-14(19)16(15)20/h4-11H,3H2,1-2H3,(H,21,23)(H,22,24). The third-order valence-corrected chi connectivity index (χ3v) is 4.46. The molecule has 0 heterocycles. The van der Waals surface area contributed by atoms with Crippen molar-refractivity contribution in [3.63, 3.8) is 0 Å². The quantitative estimate of drug-likeness (QED) is 0.791. The summed E-state index contributed by atoms with van der Waals surface area (Å²) in [5.74, 6) is -1.53. The van der Waals surface area contributed by atoms with Crippen LogP contribution in [0.2, 0.25) is 10.0 Å². The number of amides is 2. The van der Waals surface area contributed by atoms with Crippen LogP contribution in [-0.4, -0.2) is 11.8 Å². The van der Waals surface area contributed by atoms with Gasteiger partial charge in [0.1, 0.15) is 0 Å². The number of benzene rings is 2. The number of anilines is 1. The number of nitrogens with one attached hydrogen (secondary N) is 2. The Morgan fingerprint density at radius 2 is 1.71 bits per heavy atom. The van der Waals surface area contributed by atoms with Gasteiger partial charge in [0.15, 0.2) is 0 Å². The van der Waals surface area contributed by atoms with Gasteiger partial charge in [-0.25, -0.2) is 0 Å². The van der Waals surface area contributed by atoms with Crippen molar-refractivity contribution in [3.8, 4) is 0 Å². The Labute approximate surface area is 151 Å². The summed E-state index contributed by atoms with van der Waals surface area (Å²) >= 11 is 11.9. The van der Waals surface area contributed by atoms with Gasteiger partial charge in [-0.1, -0.05) is 60.5 Å². The lowest BCUT2D eigenvalue weighted by Gasteiger charge is -2.15. The third kappa shape index (κ3) is 4.49. The highest BCUT2D eigenvalue weighted by Crippen LogP contribution is 2.29. The van der Waals surface area contributed by atoms with E-state index in [1.54, 1.807) is 18.2 Å². The second kappa shape index (κ2) is 8.18. The van der Waals surface area contributed by atoms with Crippen molar-refractivity contribution < 1.29 is 9.59 Å². The second-order valence-corrected chi connectivity index (χ2v) is 6.13. The summed E-state index contributed by atoms with van der Waals surface area (Å²) < 4.78 is 0. The van der Waals surface area contributed by atoms with Crippen molar-refractivity contribution in [1.82, 2.24) is 5.32 Å². The fourth-order valence-corrected chi connectivity index (χ4v) is 2.51. The SMILES string of the molecule is CCc1ccc(C(C)NC(=O)C(=O)Nc2cccc(Cl)c2Cl)cc1. The van der Waals surface area contributed by atoms with E-state index in [1.165, 1.54) is 5.56 Å². The number of aryl methyl sites for hydroxylation is 1. The molecule has 0 aromatic heterocycles. The average Bonchev–Trinajstić information content (AvgIpc) is 2.58. The van der Waals surface area contributed by atoms with Gasteiger partial charge in [0.05, 0.1) is 21.8 Å². The van der Waals surface area contributed by atoms with E-state index < -0.39 is 11.8 Å². The van der Waals surface area contributed by atoms with Crippen LogP contribution in [-0.2, 0) is 16.0 Å². The van der Waals surface area contributed by atoms with Crippen molar-refractivity contribution >= 4 is 40.7 Å². The first-order valence-corrected chi connectivity index (χ1v) is 8.32. The van der Waals surface area contributed by atoms with Gasteiger partial charge < -0.3 is 10.6 Å². The molecule has 0 aliphatic carbocycles. The van der Waals surface area contributed by atoms with Gasteiger partial charge >= 0.3 is 11.8 Å². The highest BCUT2D eigenvalue weighted by atomic mass is 35.5. The number of rotatable bonds is 4. The van der Waals surface area contributed by atoms with Crippen molar-refractivity contribution in [2.75, 3.05) is 5.32 Å². The van der Waals surface area contributed by atoms with Crippen LogP contribution in [0.1, 0.15) is 31.0 Å². The fourth-order valence-electron chi connectivity index (χ4n) is 2.17. The van der Waals surface area contributed by atoms with Crippen LogP contribution < -0.4 is 10.6 Å². The van der Waals surface area contributed by atoms with Crippen molar-refractivity contribution in [1.29, 1.82) is 0 Å². The molecule has 2 rings (SSSR count). The zero-order valence-corrected chi connectivity index (χ0v) is 14.9. The van der Waals surface area contributed by atoms with Gasteiger partial charge in [0.2, 0.25) is 0 Å². The van der Waals surface area contributed by atoms with Crippen LogP contribution in [0.5, 0.6) is 0 Å². The van der Waals surface area contributed by atoms with E-state index in [2.05, 4.69) is 17.6 Å². The molecule has 0 radical (unpaired) electrons. The van der Waals surface area contributed by atoms with Gasteiger partial charge in [-0.2, -0.15) is 0 Å². The van der Waals surface area contributed by atoms with Crippen molar-refractivity contribution in [2.45, 2.75) is 26.3 Å². The van der Waals surface area contributed by atoms with Gasteiger partial charge in [0, 0.05) is 0 Å². The highest BCUT2D eigenvalue weighted by molar-refractivity contribution is 6.45. The first-order valence-electron chi connectivity index (χ1n) is 7.57. The Bertz CT molecular complexity index is 745. The van der Waals surface area contributed by atoms with Crippen LogP contribution in [0.15, 0.2) is 42.5 Å². The monoisotopic (exact) mass is 364 g/mol. The second-order valence-electron chi connectivity index (χ2n) is 5.35. The van der Waals surface area contributed by atoms with Crippen molar-refractivity contribution in [2.24, 2.45) is 0 Å².